The van der Waals surface area contributed by atoms with Gasteiger partial charge in [-0.05, 0) is 155 Å². The van der Waals surface area contributed by atoms with Crippen molar-refractivity contribution in [3.05, 3.63) is 209 Å². The molecule has 0 unspecified atom stereocenters. The van der Waals surface area contributed by atoms with Crippen molar-refractivity contribution in [2.24, 2.45) is 0 Å². The number of sulfone groups is 2. The summed E-state index contributed by atoms with van der Waals surface area (Å²) in [7, 11) is -11.2. The van der Waals surface area contributed by atoms with Crippen molar-refractivity contribution in [3.8, 4) is 23.0 Å². The minimum atomic E-state index is -4.90. The van der Waals surface area contributed by atoms with Crippen molar-refractivity contribution in [3.63, 3.8) is 0 Å². The predicted molar refractivity (Wildman–Crippen MR) is 264 cm³/mol. The third kappa shape index (κ3) is 10.8. The molecule has 11 nitrogen and oxygen atoms in total. The molecule has 0 saturated heterocycles. The molecule has 0 bridgehead atoms. The zero-order valence-electron chi connectivity index (χ0n) is 38.5. The van der Waals surface area contributed by atoms with E-state index in [1.807, 2.05) is 91.9 Å². The van der Waals surface area contributed by atoms with Gasteiger partial charge in [0.15, 0.2) is 0 Å². The first-order valence-electron chi connectivity index (χ1n) is 21.8. The van der Waals surface area contributed by atoms with E-state index in [4.69, 9.17) is 18.9 Å². The topological polar surface area (TPSA) is 160 Å². The minimum Gasteiger partial charge on any atom is -0.497 e. The number of benzene rings is 8. The van der Waals surface area contributed by atoms with Crippen LogP contribution >= 0.6 is 0 Å². The Hall–Kier alpha value is -6.97. The summed E-state index contributed by atoms with van der Waals surface area (Å²) >= 11 is 0. The van der Waals surface area contributed by atoms with Crippen LogP contribution in [-0.2, 0) is 55.0 Å². The van der Waals surface area contributed by atoms with Gasteiger partial charge < -0.3 is 18.9 Å². The highest BCUT2D eigenvalue weighted by Crippen LogP contribution is 2.35. The molecule has 69 heavy (non-hydrogen) atoms. The van der Waals surface area contributed by atoms with Crippen molar-refractivity contribution in [2.75, 3.05) is 7.11 Å². The molecule has 0 heterocycles. The number of ether oxygens (including phenoxy) is 4. The molecule has 0 aromatic heterocycles. The first-order valence-corrected chi connectivity index (χ1v) is 26.2. The first kappa shape index (κ1) is 48.5. The fourth-order valence-electron chi connectivity index (χ4n) is 7.81. The standard InChI is InChI=1S/C55H50O11S3/c1-37-6-23-49(24-7-37)67(56,57)50-26-21-47(22-27-50)64-35-40-8-11-41-12-18-48(32-43(41)31-40)65-36-42-13-25-51(30-38(42)2)68(58,59)52-28-29-53(54(33-52)69(60,61)62)66-34-39-9-14-44(15-10-39)55(3,4)45-16-19-46(63-5)20-17-45/h6-33H,34-36H2,1-5H3,(H,60,61,62). The summed E-state index contributed by atoms with van der Waals surface area (Å²) in [5.74, 6) is 1.68. The Kier molecular flexibility index (Phi) is 13.7. The summed E-state index contributed by atoms with van der Waals surface area (Å²) in [6, 6.07) is 48.2. The average Bonchev–Trinajstić information content (AvgIpc) is 3.34. The van der Waals surface area contributed by atoms with Crippen molar-refractivity contribution in [1.29, 1.82) is 0 Å². The van der Waals surface area contributed by atoms with E-state index >= 15 is 0 Å². The minimum absolute atomic E-state index is 0.0417. The van der Waals surface area contributed by atoms with Crippen LogP contribution in [0, 0.1) is 13.8 Å². The lowest BCUT2D eigenvalue weighted by molar-refractivity contribution is 0.296. The molecule has 1 N–H and O–H groups in total. The predicted octanol–water partition coefficient (Wildman–Crippen LogP) is 11.4. The lowest BCUT2D eigenvalue weighted by Gasteiger charge is -2.26. The fraction of sp³-hybridized carbons (Fsp3) is 0.164. The van der Waals surface area contributed by atoms with Crippen LogP contribution in [-0.4, -0.2) is 36.9 Å². The Morgan fingerprint density at radius 2 is 0.971 bits per heavy atom. The van der Waals surface area contributed by atoms with Gasteiger partial charge in [-0.15, -0.1) is 0 Å². The zero-order valence-corrected chi connectivity index (χ0v) is 41.0. The Morgan fingerprint density at radius 3 is 1.61 bits per heavy atom. The monoisotopic (exact) mass is 982 g/mol. The van der Waals surface area contributed by atoms with Gasteiger partial charge >= 0.3 is 0 Å². The van der Waals surface area contributed by atoms with E-state index in [9.17, 15) is 29.8 Å². The second-order valence-electron chi connectivity index (χ2n) is 17.2. The molecule has 0 aliphatic rings. The SMILES string of the molecule is COc1ccc(C(C)(C)c2ccc(COc3ccc(S(=O)(=O)c4ccc(COc5ccc6ccc(COc7ccc(S(=O)(=O)c8ccc(C)cc8)cc7)cc6c5)c(C)c4)cc3S(=O)(=O)O)cc2)cc1. The fourth-order valence-corrected chi connectivity index (χ4v) is 11.2. The van der Waals surface area contributed by atoms with Gasteiger partial charge in [-0.2, -0.15) is 8.42 Å². The van der Waals surface area contributed by atoms with Crippen LogP contribution in [0.5, 0.6) is 23.0 Å². The number of hydrogen-bond acceptors (Lipinski definition) is 10. The van der Waals surface area contributed by atoms with Gasteiger partial charge in [0, 0.05) is 5.41 Å². The quantitative estimate of drug-likeness (QED) is 0.0865. The molecule has 354 valence electrons. The Morgan fingerprint density at radius 1 is 0.464 bits per heavy atom. The molecule has 0 fully saturated rings. The summed E-state index contributed by atoms with van der Waals surface area (Å²) in [4.78, 5) is -0.665. The molecule has 8 aromatic rings. The summed E-state index contributed by atoms with van der Waals surface area (Å²) in [5, 5.41) is 1.89. The van der Waals surface area contributed by atoms with Gasteiger partial charge in [0.2, 0.25) is 19.7 Å². The second-order valence-corrected chi connectivity index (χ2v) is 22.5. The maximum atomic E-state index is 13.9. The largest absolute Gasteiger partial charge is 0.497 e. The first-order chi connectivity index (χ1) is 32.8. The van der Waals surface area contributed by atoms with Crippen LogP contribution in [0.4, 0.5) is 0 Å². The summed E-state index contributed by atoms with van der Waals surface area (Å²) in [6.07, 6.45) is 0. The van der Waals surface area contributed by atoms with Crippen LogP contribution in [0.3, 0.4) is 0 Å². The highest BCUT2D eigenvalue weighted by Gasteiger charge is 2.26. The Bertz CT molecular complexity index is 3500. The molecular formula is C55H50O11S3. The van der Waals surface area contributed by atoms with E-state index in [1.165, 1.54) is 36.4 Å². The molecule has 14 heteroatoms. The van der Waals surface area contributed by atoms with Gasteiger partial charge in [0.05, 0.1) is 26.7 Å². The van der Waals surface area contributed by atoms with Gasteiger partial charge in [-0.1, -0.05) is 92.2 Å². The average molecular weight is 983 g/mol. The smallest absolute Gasteiger partial charge is 0.298 e. The molecule has 0 aliphatic heterocycles. The third-order valence-corrected chi connectivity index (χ3v) is 16.6. The van der Waals surface area contributed by atoms with E-state index in [-0.39, 0.29) is 50.6 Å². The number of rotatable bonds is 17. The molecule has 0 aliphatic carbocycles. The normalized spacial score (nSPS) is 12.1. The van der Waals surface area contributed by atoms with Crippen molar-refractivity contribution in [1.82, 2.24) is 0 Å². The van der Waals surface area contributed by atoms with E-state index in [0.29, 0.717) is 17.1 Å². The number of hydrogen-bond donors (Lipinski definition) is 1. The highest BCUT2D eigenvalue weighted by atomic mass is 32.2. The lowest BCUT2D eigenvalue weighted by atomic mass is 9.78. The molecule has 0 atom stereocenters. The molecule has 0 spiro atoms. The lowest BCUT2D eigenvalue weighted by Crippen LogP contribution is -2.18. The van der Waals surface area contributed by atoms with Crippen LogP contribution in [0.25, 0.3) is 10.8 Å². The maximum Gasteiger partial charge on any atom is 0.298 e. The van der Waals surface area contributed by atoms with Crippen molar-refractivity contribution in [2.45, 2.75) is 77.4 Å². The van der Waals surface area contributed by atoms with Gasteiger partial charge in [0.25, 0.3) is 10.1 Å². The number of methoxy groups -OCH3 is 1. The number of aryl methyl sites for hydroxylation is 2. The Labute approximate surface area is 403 Å². The molecular weight excluding hydrogens is 933 g/mol. The maximum absolute atomic E-state index is 13.9. The zero-order chi connectivity index (χ0) is 49.1. The van der Waals surface area contributed by atoms with Crippen LogP contribution in [0.15, 0.2) is 194 Å². The van der Waals surface area contributed by atoms with Gasteiger partial charge in [-0.3, -0.25) is 4.55 Å². The molecule has 0 amide bonds. The van der Waals surface area contributed by atoms with E-state index in [0.717, 1.165) is 56.0 Å². The van der Waals surface area contributed by atoms with Gasteiger partial charge in [0.1, 0.15) is 47.7 Å². The summed E-state index contributed by atoms with van der Waals surface area (Å²) in [5.41, 5.74) is 5.77. The van der Waals surface area contributed by atoms with Crippen LogP contribution < -0.4 is 18.9 Å². The number of fused-ring (bicyclic) bond motifs is 1. The van der Waals surface area contributed by atoms with Crippen LogP contribution in [0.2, 0.25) is 0 Å². The van der Waals surface area contributed by atoms with E-state index in [2.05, 4.69) is 13.8 Å². The molecule has 0 radical (unpaired) electrons. The third-order valence-electron chi connectivity index (χ3n) is 12.2. The Balaban J connectivity index is 0.898. The summed E-state index contributed by atoms with van der Waals surface area (Å²) < 4.78 is 113. The molecule has 8 rings (SSSR count). The second kappa shape index (κ2) is 19.6. The van der Waals surface area contributed by atoms with Gasteiger partial charge in [-0.25, -0.2) is 16.8 Å². The highest BCUT2D eigenvalue weighted by molar-refractivity contribution is 7.92. The van der Waals surface area contributed by atoms with Crippen LogP contribution in [0.1, 0.15) is 52.8 Å². The molecule has 0 saturated carbocycles. The van der Waals surface area contributed by atoms with E-state index < -0.39 is 34.7 Å². The summed E-state index contributed by atoms with van der Waals surface area (Å²) in [6.45, 7) is 8.22. The van der Waals surface area contributed by atoms with Crippen molar-refractivity contribution >= 4 is 40.6 Å². The van der Waals surface area contributed by atoms with E-state index in [1.54, 1.807) is 56.5 Å². The molecule has 8 aromatic carbocycles. The van der Waals surface area contributed by atoms with Crippen molar-refractivity contribution < 1.29 is 48.8 Å².